The zero-order chi connectivity index (χ0) is 13.1. The van der Waals surface area contributed by atoms with Crippen LogP contribution in [0.25, 0.3) is 0 Å². The van der Waals surface area contributed by atoms with Gasteiger partial charge in [0.05, 0.1) is 0 Å². The van der Waals surface area contributed by atoms with E-state index in [1.54, 1.807) is 12.1 Å². The predicted octanol–water partition coefficient (Wildman–Crippen LogP) is 1.23. The second-order valence-corrected chi connectivity index (χ2v) is 5.09. The summed E-state index contributed by atoms with van der Waals surface area (Å²) in [5, 5.41) is 3.89. The topological polar surface area (TPSA) is 58.4 Å². The van der Waals surface area contributed by atoms with E-state index in [1.807, 2.05) is 13.1 Å². The van der Waals surface area contributed by atoms with Crippen LogP contribution in [0.2, 0.25) is 5.02 Å². The van der Waals surface area contributed by atoms with E-state index in [0.717, 1.165) is 31.6 Å². The zero-order valence-electron chi connectivity index (χ0n) is 10.4. The molecular formula is C13H18ClN3O. The number of likely N-dealkylation sites (tertiary alicyclic amines) is 1. The van der Waals surface area contributed by atoms with Crippen molar-refractivity contribution < 1.29 is 4.79 Å². The van der Waals surface area contributed by atoms with Crippen LogP contribution in [0.4, 0.5) is 0 Å². The highest BCUT2D eigenvalue weighted by atomic mass is 35.5. The van der Waals surface area contributed by atoms with Crippen LogP contribution in [-0.2, 0) is 6.54 Å². The van der Waals surface area contributed by atoms with Crippen molar-refractivity contribution in [2.45, 2.75) is 19.0 Å². The Morgan fingerprint density at radius 3 is 2.94 bits per heavy atom. The molecule has 1 heterocycles. The summed E-state index contributed by atoms with van der Waals surface area (Å²) in [6.07, 6.45) is 1.16. The Hall–Kier alpha value is -1.10. The van der Waals surface area contributed by atoms with Crippen LogP contribution in [-0.4, -0.2) is 37.0 Å². The molecule has 1 atom stereocenters. The minimum Gasteiger partial charge on any atom is -0.366 e. The van der Waals surface area contributed by atoms with E-state index in [-0.39, 0.29) is 0 Å². The number of likely N-dealkylation sites (N-methyl/N-ethyl adjacent to an activating group) is 1. The predicted molar refractivity (Wildman–Crippen MR) is 72.7 cm³/mol. The van der Waals surface area contributed by atoms with Gasteiger partial charge < -0.3 is 11.1 Å². The number of hydrogen-bond donors (Lipinski definition) is 2. The highest BCUT2D eigenvalue weighted by Gasteiger charge is 2.21. The minimum atomic E-state index is -0.445. The van der Waals surface area contributed by atoms with E-state index in [2.05, 4.69) is 10.2 Å². The third kappa shape index (κ3) is 3.02. The highest BCUT2D eigenvalue weighted by molar-refractivity contribution is 6.31. The molecular weight excluding hydrogens is 250 g/mol. The molecule has 0 aromatic heterocycles. The number of nitrogens with two attached hydrogens (primary N) is 1. The van der Waals surface area contributed by atoms with Gasteiger partial charge in [-0.3, -0.25) is 9.69 Å². The van der Waals surface area contributed by atoms with Gasteiger partial charge in [0.2, 0.25) is 5.91 Å². The van der Waals surface area contributed by atoms with Crippen LogP contribution in [0.15, 0.2) is 18.2 Å². The Kier molecular flexibility index (Phi) is 4.22. The number of nitrogens with one attached hydrogen (secondary N) is 1. The number of carbonyl (C=O) groups excluding carboxylic acids is 1. The van der Waals surface area contributed by atoms with Gasteiger partial charge in [0.25, 0.3) is 0 Å². The molecule has 1 saturated heterocycles. The summed E-state index contributed by atoms with van der Waals surface area (Å²) >= 11 is 6.17. The molecule has 1 aliphatic heterocycles. The molecule has 1 fully saturated rings. The second-order valence-electron chi connectivity index (χ2n) is 4.68. The lowest BCUT2D eigenvalue weighted by atomic mass is 10.1. The van der Waals surface area contributed by atoms with Gasteiger partial charge >= 0.3 is 0 Å². The first-order chi connectivity index (χ1) is 8.60. The molecule has 0 spiro atoms. The zero-order valence-corrected chi connectivity index (χ0v) is 11.2. The molecule has 5 heteroatoms. The van der Waals surface area contributed by atoms with Gasteiger partial charge in [-0.15, -0.1) is 0 Å². The molecule has 1 aromatic carbocycles. The van der Waals surface area contributed by atoms with Gasteiger partial charge in [-0.25, -0.2) is 0 Å². The van der Waals surface area contributed by atoms with Gasteiger partial charge in [-0.05, 0) is 31.2 Å². The van der Waals surface area contributed by atoms with Crippen LogP contribution in [0.5, 0.6) is 0 Å². The Bertz CT molecular complexity index is 450. The van der Waals surface area contributed by atoms with E-state index >= 15 is 0 Å². The average molecular weight is 268 g/mol. The standard InChI is InChI=1S/C13H18ClN3O/c1-16-11-4-5-17(8-11)7-10-3-2-9(13(15)18)6-12(10)14/h2-3,6,11,16H,4-5,7-8H2,1H3,(H2,15,18). The van der Waals surface area contributed by atoms with Crippen LogP contribution in [0, 0.1) is 0 Å². The molecule has 1 aliphatic rings. The van der Waals surface area contributed by atoms with E-state index in [0.29, 0.717) is 16.6 Å². The maximum absolute atomic E-state index is 11.0. The second kappa shape index (κ2) is 5.69. The van der Waals surface area contributed by atoms with Crippen molar-refractivity contribution >= 4 is 17.5 Å². The summed E-state index contributed by atoms with van der Waals surface area (Å²) in [6, 6.07) is 5.82. The average Bonchev–Trinajstić information content (AvgIpc) is 2.79. The van der Waals surface area contributed by atoms with Crippen molar-refractivity contribution in [1.29, 1.82) is 0 Å². The molecule has 1 unspecified atom stereocenters. The first-order valence-electron chi connectivity index (χ1n) is 6.08. The lowest BCUT2D eigenvalue weighted by Crippen LogP contribution is -2.29. The van der Waals surface area contributed by atoms with Crippen molar-refractivity contribution in [3.05, 3.63) is 34.3 Å². The number of benzene rings is 1. The number of halogens is 1. The monoisotopic (exact) mass is 267 g/mol. The van der Waals surface area contributed by atoms with Crippen molar-refractivity contribution in [3.63, 3.8) is 0 Å². The number of amides is 1. The van der Waals surface area contributed by atoms with Crippen LogP contribution in [0.1, 0.15) is 22.3 Å². The number of rotatable bonds is 4. The molecule has 98 valence electrons. The number of nitrogens with zero attached hydrogens (tertiary/aromatic N) is 1. The van der Waals surface area contributed by atoms with Gasteiger partial charge in [0.1, 0.15) is 0 Å². The van der Waals surface area contributed by atoms with Gasteiger partial charge in [-0.1, -0.05) is 17.7 Å². The molecule has 3 N–H and O–H groups in total. The van der Waals surface area contributed by atoms with E-state index in [4.69, 9.17) is 17.3 Å². The lowest BCUT2D eigenvalue weighted by Gasteiger charge is -2.17. The maximum atomic E-state index is 11.0. The van der Waals surface area contributed by atoms with Crippen molar-refractivity contribution in [3.8, 4) is 0 Å². The fourth-order valence-electron chi connectivity index (χ4n) is 2.28. The molecule has 18 heavy (non-hydrogen) atoms. The Labute approximate surface area is 112 Å². The summed E-state index contributed by atoms with van der Waals surface area (Å²) in [7, 11) is 1.99. The van der Waals surface area contributed by atoms with E-state index < -0.39 is 5.91 Å². The minimum absolute atomic E-state index is 0.445. The molecule has 0 saturated carbocycles. The Morgan fingerprint density at radius 1 is 1.61 bits per heavy atom. The summed E-state index contributed by atoms with van der Waals surface area (Å²) < 4.78 is 0. The SMILES string of the molecule is CNC1CCN(Cc2ccc(C(N)=O)cc2Cl)C1. The van der Waals surface area contributed by atoms with E-state index in [9.17, 15) is 4.79 Å². The molecule has 1 amide bonds. The smallest absolute Gasteiger partial charge is 0.248 e. The molecule has 1 aromatic rings. The van der Waals surface area contributed by atoms with Crippen LogP contribution < -0.4 is 11.1 Å². The first-order valence-corrected chi connectivity index (χ1v) is 6.46. The molecule has 0 radical (unpaired) electrons. The highest BCUT2D eigenvalue weighted by Crippen LogP contribution is 2.21. The van der Waals surface area contributed by atoms with Gasteiger partial charge in [-0.2, -0.15) is 0 Å². The van der Waals surface area contributed by atoms with Crippen molar-refractivity contribution in [2.75, 3.05) is 20.1 Å². The lowest BCUT2D eigenvalue weighted by molar-refractivity contribution is 0.100. The largest absolute Gasteiger partial charge is 0.366 e. The number of primary amides is 1. The summed E-state index contributed by atoms with van der Waals surface area (Å²) in [6.45, 7) is 2.92. The molecule has 0 bridgehead atoms. The summed E-state index contributed by atoms with van der Waals surface area (Å²) in [5.41, 5.74) is 6.71. The van der Waals surface area contributed by atoms with E-state index in [1.165, 1.54) is 0 Å². The number of carbonyl (C=O) groups is 1. The fourth-order valence-corrected chi connectivity index (χ4v) is 2.52. The quantitative estimate of drug-likeness (QED) is 0.863. The Balaban J connectivity index is 2.04. The molecule has 2 rings (SSSR count). The Morgan fingerprint density at radius 2 is 2.39 bits per heavy atom. The van der Waals surface area contributed by atoms with Crippen molar-refractivity contribution in [1.82, 2.24) is 10.2 Å². The number of hydrogen-bond acceptors (Lipinski definition) is 3. The third-order valence-electron chi connectivity index (χ3n) is 3.41. The molecule has 0 aliphatic carbocycles. The fraction of sp³-hybridized carbons (Fsp3) is 0.462. The van der Waals surface area contributed by atoms with Crippen LogP contribution >= 0.6 is 11.6 Å². The third-order valence-corrected chi connectivity index (χ3v) is 3.76. The first kappa shape index (κ1) is 13.3. The normalized spacial score (nSPS) is 20.2. The summed E-state index contributed by atoms with van der Waals surface area (Å²) in [4.78, 5) is 13.4. The van der Waals surface area contributed by atoms with Crippen molar-refractivity contribution in [2.24, 2.45) is 5.73 Å². The van der Waals surface area contributed by atoms with Crippen LogP contribution in [0.3, 0.4) is 0 Å². The van der Waals surface area contributed by atoms with Gasteiger partial charge in [0.15, 0.2) is 0 Å². The summed E-state index contributed by atoms with van der Waals surface area (Å²) in [5.74, 6) is -0.445. The van der Waals surface area contributed by atoms with Gasteiger partial charge in [0, 0.05) is 36.3 Å². The molecule has 4 nitrogen and oxygen atoms in total. The maximum Gasteiger partial charge on any atom is 0.248 e.